The molecule has 0 saturated carbocycles. The molecule has 0 amide bonds. The quantitative estimate of drug-likeness (QED) is 0.617. The number of aromatic nitrogens is 1. The summed E-state index contributed by atoms with van der Waals surface area (Å²) in [6, 6.07) is 14.8. The number of anilines is 1. The molecule has 1 atom stereocenters. The third-order valence-corrected chi connectivity index (χ3v) is 3.94. The lowest BCUT2D eigenvalue weighted by atomic mass is 10.1. The van der Waals surface area contributed by atoms with E-state index in [1.54, 1.807) is 13.3 Å². The van der Waals surface area contributed by atoms with Gasteiger partial charge < -0.3 is 10.1 Å². The van der Waals surface area contributed by atoms with Crippen molar-refractivity contribution in [2.75, 3.05) is 24.8 Å². The van der Waals surface area contributed by atoms with Crippen LogP contribution in [0.3, 0.4) is 0 Å². The van der Waals surface area contributed by atoms with Gasteiger partial charge in [-0.1, -0.05) is 18.2 Å². The van der Waals surface area contributed by atoms with Gasteiger partial charge in [-0.3, -0.25) is 0 Å². The first kappa shape index (κ1) is 14.9. The standard InChI is InChI=1S/C16H20N2OS/c1-13(18-16-5-3-4-10-17-16)14-6-8-15(9-7-14)20-12-11-19-2/h3-10,13H,11-12H2,1-2H3,(H,17,18). The van der Waals surface area contributed by atoms with E-state index in [-0.39, 0.29) is 6.04 Å². The Hall–Kier alpha value is -1.52. The van der Waals surface area contributed by atoms with Crippen molar-refractivity contribution in [3.8, 4) is 0 Å². The number of pyridine rings is 1. The van der Waals surface area contributed by atoms with Gasteiger partial charge in [0.05, 0.1) is 6.61 Å². The van der Waals surface area contributed by atoms with Crippen molar-refractivity contribution >= 4 is 17.6 Å². The van der Waals surface area contributed by atoms with Crippen LogP contribution in [-0.4, -0.2) is 24.5 Å². The molecule has 0 spiro atoms. The van der Waals surface area contributed by atoms with Gasteiger partial charge in [-0.25, -0.2) is 4.98 Å². The number of benzene rings is 1. The molecule has 2 rings (SSSR count). The molecule has 0 fully saturated rings. The molecule has 0 bridgehead atoms. The van der Waals surface area contributed by atoms with Crippen LogP contribution >= 0.6 is 11.8 Å². The molecule has 0 saturated heterocycles. The first-order valence-corrected chi connectivity index (χ1v) is 7.67. The molecule has 1 unspecified atom stereocenters. The van der Waals surface area contributed by atoms with Gasteiger partial charge in [0.2, 0.25) is 0 Å². The van der Waals surface area contributed by atoms with Crippen LogP contribution in [0.2, 0.25) is 0 Å². The second kappa shape index (κ2) is 7.92. The Morgan fingerprint density at radius 1 is 1.20 bits per heavy atom. The Balaban J connectivity index is 1.92. The van der Waals surface area contributed by atoms with Crippen LogP contribution in [0.15, 0.2) is 53.6 Å². The maximum Gasteiger partial charge on any atom is 0.126 e. The maximum absolute atomic E-state index is 5.05. The zero-order chi connectivity index (χ0) is 14.2. The summed E-state index contributed by atoms with van der Waals surface area (Å²) in [6.07, 6.45) is 1.80. The van der Waals surface area contributed by atoms with Crippen LogP contribution in [-0.2, 0) is 4.74 Å². The van der Waals surface area contributed by atoms with Gasteiger partial charge in [0, 0.05) is 30.0 Å². The first-order chi connectivity index (χ1) is 9.79. The minimum atomic E-state index is 0.239. The highest BCUT2D eigenvalue weighted by Gasteiger charge is 2.05. The van der Waals surface area contributed by atoms with Crippen molar-refractivity contribution < 1.29 is 4.74 Å². The van der Waals surface area contributed by atoms with E-state index in [9.17, 15) is 0 Å². The van der Waals surface area contributed by atoms with Crippen LogP contribution in [0.25, 0.3) is 0 Å². The SMILES string of the molecule is COCCSc1ccc(C(C)Nc2ccccn2)cc1. The molecule has 1 aromatic carbocycles. The predicted molar refractivity (Wildman–Crippen MR) is 85.3 cm³/mol. The van der Waals surface area contributed by atoms with Gasteiger partial charge in [-0.15, -0.1) is 11.8 Å². The topological polar surface area (TPSA) is 34.1 Å². The summed E-state index contributed by atoms with van der Waals surface area (Å²) in [5.41, 5.74) is 1.26. The minimum absolute atomic E-state index is 0.239. The van der Waals surface area contributed by atoms with Crippen LogP contribution < -0.4 is 5.32 Å². The van der Waals surface area contributed by atoms with Crippen LogP contribution in [0.4, 0.5) is 5.82 Å². The summed E-state index contributed by atoms with van der Waals surface area (Å²) < 4.78 is 5.05. The minimum Gasteiger partial charge on any atom is -0.384 e. The molecule has 0 aliphatic heterocycles. The van der Waals surface area contributed by atoms with Crippen molar-refractivity contribution in [2.45, 2.75) is 17.9 Å². The lowest BCUT2D eigenvalue weighted by Gasteiger charge is -2.15. The average molecular weight is 288 g/mol. The molecular formula is C16H20N2OS. The number of ether oxygens (including phenoxy) is 1. The normalized spacial score (nSPS) is 12.1. The van der Waals surface area contributed by atoms with E-state index in [1.165, 1.54) is 10.5 Å². The van der Waals surface area contributed by atoms with Gasteiger partial charge in [0.25, 0.3) is 0 Å². The van der Waals surface area contributed by atoms with E-state index in [2.05, 4.69) is 41.5 Å². The second-order valence-corrected chi connectivity index (χ2v) is 5.66. The molecule has 0 radical (unpaired) electrons. The smallest absolute Gasteiger partial charge is 0.126 e. The Kier molecular flexibility index (Phi) is 5.89. The van der Waals surface area contributed by atoms with E-state index in [0.29, 0.717) is 0 Å². The zero-order valence-corrected chi connectivity index (χ0v) is 12.7. The average Bonchev–Trinajstić information content (AvgIpc) is 2.49. The lowest BCUT2D eigenvalue weighted by molar-refractivity contribution is 0.218. The molecule has 0 aliphatic carbocycles. The van der Waals surface area contributed by atoms with E-state index in [4.69, 9.17) is 4.74 Å². The Bertz CT molecular complexity index is 502. The molecule has 0 aliphatic rings. The summed E-state index contributed by atoms with van der Waals surface area (Å²) in [4.78, 5) is 5.56. The third-order valence-electron chi connectivity index (χ3n) is 2.97. The van der Waals surface area contributed by atoms with E-state index < -0.39 is 0 Å². The lowest BCUT2D eigenvalue weighted by Crippen LogP contribution is -2.07. The fourth-order valence-electron chi connectivity index (χ4n) is 1.85. The molecule has 4 heteroatoms. The van der Waals surface area contributed by atoms with Crippen molar-refractivity contribution in [1.82, 2.24) is 4.98 Å². The fourth-order valence-corrected chi connectivity index (χ4v) is 2.66. The molecule has 106 valence electrons. The summed E-state index contributed by atoms with van der Waals surface area (Å²) in [7, 11) is 1.73. The Morgan fingerprint density at radius 2 is 2.00 bits per heavy atom. The highest BCUT2D eigenvalue weighted by molar-refractivity contribution is 7.99. The number of thioether (sulfide) groups is 1. The van der Waals surface area contributed by atoms with Gasteiger partial charge in [0.1, 0.15) is 5.82 Å². The predicted octanol–water partition coefficient (Wildman–Crippen LogP) is 3.99. The summed E-state index contributed by atoms with van der Waals surface area (Å²) >= 11 is 1.81. The number of methoxy groups -OCH3 is 1. The highest BCUT2D eigenvalue weighted by atomic mass is 32.2. The van der Waals surface area contributed by atoms with E-state index in [1.807, 2.05) is 30.0 Å². The molecule has 1 aromatic heterocycles. The molecule has 2 aromatic rings. The Labute approximate surface area is 124 Å². The van der Waals surface area contributed by atoms with Crippen LogP contribution in [0, 0.1) is 0 Å². The Morgan fingerprint density at radius 3 is 2.65 bits per heavy atom. The summed E-state index contributed by atoms with van der Waals surface area (Å²) in [5, 5.41) is 3.39. The number of rotatable bonds is 7. The largest absolute Gasteiger partial charge is 0.384 e. The third kappa shape index (κ3) is 4.54. The fraction of sp³-hybridized carbons (Fsp3) is 0.312. The summed E-state index contributed by atoms with van der Waals surface area (Å²) in [5.74, 6) is 1.89. The number of hydrogen-bond acceptors (Lipinski definition) is 4. The van der Waals surface area contributed by atoms with Crippen molar-refractivity contribution in [2.24, 2.45) is 0 Å². The van der Waals surface area contributed by atoms with Gasteiger partial charge in [-0.05, 0) is 36.8 Å². The number of hydrogen-bond donors (Lipinski definition) is 1. The number of nitrogens with zero attached hydrogens (tertiary/aromatic N) is 1. The monoisotopic (exact) mass is 288 g/mol. The molecular weight excluding hydrogens is 268 g/mol. The summed E-state index contributed by atoms with van der Waals surface area (Å²) in [6.45, 7) is 2.92. The molecule has 1 heterocycles. The van der Waals surface area contributed by atoms with Crippen molar-refractivity contribution in [3.63, 3.8) is 0 Å². The van der Waals surface area contributed by atoms with Crippen molar-refractivity contribution in [3.05, 3.63) is 54.2 Å². The van der Waals surface area contributed by atoms with Gasteiger partial charge in [-0.2, -0.15) is 0 Å². The maximum atomic E-state index is 5.05. The van der Waals surface area contributed by atoms with E-state index >= 15 is 0 Å². The molecule has 20 heavy (non-hydrogen) atoms. The van der Waals surface area contributed by atoms with Crippen molar-refractivity contribution in [1.29, 1.82) is 0 Å². The van der Waals surface area contributed by atoms with Crippen LogP contribution in [0.5, 0.6) is 0 Å². The molecule has 1 N–H and O–H groups in total. The first-order valence-electron chi connectivity index (χ1n) is 6.69. The van der Waals surface area contributed by atoms with E-state index in [0.717, 1.165) is 18.2 Å². The molecule has 3 nitrogen and oxygen atoms in total. The highest BCUT2D eigenvalue weighted by Crippen LogP contribution is 2.22. The van der Waals surface area contributed by atoms with Crippen LogP contribution in [0.1, 0.15) is 18.5 Å². The zero-order valence-electron chi connectivity index (χ0n) is 11.9. The number of nitrogens with one attached hydrogen (secondary N) is 1. The second-order valence-electron chi connectivity index (χ2n) is 4.49. The van der Waals surface area contributed by atoms with Gasteiger partial charge in [0.15, 0.2) is 0 Å². The van der Waals surface area contributed by atoms with Gasteiger partial charge >= 0.3 is 0 Å².